The number of hydrogen-bond acceptors (Lipinski definition) is 0. The molecule has 0 heterocycles. The second-order valence-electron chi connectivity index (χ2n) is 7.69. The molecular formula is C22H32Cl2SiZr. The third-order valence-electron chi connectivity index (χ3n) is 6.93. The SMILES string of the molecule is CC[Si](CC)([c-]1ccc2c1CCCC2)[c-]1c(C)c(C)c(C)c1C.[Cl][Zr+2][Cl]. The van der Waals surface area contributed by atoms with Crippen LogP contribution >= 0.6 is 17.0 Å². The first-order valence-electron chi connectivity index (χ1n) is 9.87. The van der Waals surface area contributed by atoms with Gasteiger partial charge in [-0.15, -0.1) is 0 Å². The fourth-order valence-electron chi connectivity index (χ4n) is 5.21. The summed E-state index contributed by atoms with van der Waals surface area (Å²) in [6.45, 7) is 14.3. The molecule has 0 radical (unpaired) electrons. The molecule has 0 aromatic heterocycles. The van der Waals surface area contributed by atoms with Crippen molar-refractivity contribution in [2.45, 2.75) is 79.3 Å². The molecule has 0 unspecified atom stereocenters. The van der Waals surface area contributed by atoms with Crippen LogP contribution in [0.3, 0.4) is 0 Å². The van der Waals surface area contributed by atoms with Crippen LogP contribution in [0.1, 0.15) is 60.1 Å². The predicted octanol–water partition coefficient (Wildman–Crippen LogP) is 6.22. The van der Waals surface area contributed by atoms with Crippen LogP contribution in [0.4, 0.5) is 0 Å². The topological polar surface area (TPSA) is 0 Å². The van der Waals surface area contributed by atoms with Crippen LogP contribution in [-0.4, -0.2) is 8.07 Å². The Balaban J connectivity index is 0.000000758. The van der Waals surface area contributed by atoms with Gasteiger partial charge in [-0.05, 0) is 8.07 Å². The van der Waals surface area contributed by atoms with Gasteiger partial charge in [0.15, 0.2) is 0 Å². The molecule has 142 valence electrons. The minimum absolute atomic E-state index is 0.826. The van der Waals surface area contributed by atoms with Crippen molar-refractivity contribution < 1.29 is 20.8 Å². The van der Waals surface area contributed by atoms with E-state index in [0.717, 1.165) is 0 Å². The number of hydrogen-bond donors (Lipinski definition) is 0. The van der Waals surface area contributed by atoms with Crippen molar-refractivity contribution in [3.63, 3.8) is 0 Å². The minimum atomic E-state index is -1.62. The van der Waals surface area contributed by atoms with Gasteiger partial charge in [-0.3, -0.25) is 0 Å². The molecule has 0 N–H and O–H groups in total. The van der Waals surface area contributed by atoms with Crippen LogP contribution in [0.5, 0.6) is 0 Å². The zero-order valence-corrected chi connectivity index (χ0v) is 22.1. The van der Waals surface area contributed by atoms with E-state index in [1.165, 1.54) is 48.9 Å². The molecule has 0 fully saturated rings. The Kier molecular flexibility index (Phi) is 8.48. The Hall–Kier alpha value is 0.380. The Bertz CT molecular complexity index is 712. The molecule has 0 nitrogen and oxygen atoms in total. The summed E-state index contributed by atoms with van der Waals surface area (Å²) < 4.78 is 0. The van der Waals surface area contributed by atoms with Crippen molar-refractivity contribution in [2.24, 2.45) is 0 Å². The summed E-state index contributed by atoms with van der Waals surface area (Å²) in [5.74, 6) is 0. The average Bonchev–Trinajstić information content (AvgIpc) is 3.16. The van der Waals surface area contributed by atoms with Crippen LogP contribution in [0, 0.1) is 27.7 Å². The van der Waals surface area contributed by atoms with Crippen LogP contribution in [-0.2, 0) is 33.7 Å². The van der Waals surface area contributed by atoms with Crippen molar-refractivity contribution in [3.8, 4) is 0 Å². The van der Waals surface area contributed by atoms with Gasteiger partial charge in [0.1, 0.15) is 0 Å². The first-order chi connectivity index (χ1) is 12.4. The molecule has 0 atom stereocenters. The summed E-state index contributed by atoms with van der Waals surface area (Å²) in [4.78, 5) is 0. The molecule has 2 aromatic carbocycles. The fraction of sp³-hybridized carbons (Fsp3) is 0.545. The first-order valence-corrected chi connectivity index (χ1v) is 18.6. The van der Waals surface area contributed by atoms with E-state index < -0.39 is 28.9 Å². The first kappa shape index (κ1) is 22.7. The van der Waals surface area contributed by atoms with Crippen molar-refractivity contribution in [1.29, 1.82) is 0 Å². The maximum absolute atomic E-state index is 4.93. The third kappa shape index (κ3) is 3.91. The second-order valence-corrected chi connectivity index (χ2v) is 16.0. The van der Waals surface area contributed by atoms with Crippen LogP contribution < -0.4 is 10.4 Å². The molecule has 2 aromatic rings. The van der Waals surface area contributed by atoms with Gasteiger partial charge in [-0.25, -0.2) is 6.07 Å². The van der Waals surface area contributed by atoms with Crippen molar-refractivity contribution in [3.05, 3.63) is 45.5 Å². The van der Waals surface area contributed by atoms with Gasteiger partial charge in [-0.2, -0.15) is 49.8 Å². The summed E-state index contributed by atoms with van der Waals surface area (Å²) in [5.41, 5.74) is 9.69. The Morgan fingerprint density at radius 1 is 0.962 bits per heavy atom. The Morgan fingerprint density at radius 3 is 1.96 bits per heavy atom. The molecule has 0 amide bonds. The molecule has 0 saturated heterocycles. The standard InChI is InChI=1S/C22H32Si.2ClH.Zr/c1-7-23(8-2,22-17(5)15(3)16(4)18(22)6)21-14-13-19-11-9-10-12-20(19)21;;;/h13-14H,7-12H2,1-6H3;2*1H;/q-2;;;+4/p-2. The van der Waals surface area contributed by atoms with E-state index in [2.05, 4.69) is 53.7 Å². The van der Waals surface area contributed by atoms with Gasteiger partial charge in [0, 0.05) is 0 Å². The number of aryl methyl sites for hydroxylation is 1. The van der Waals surface area contributed by atoms with Crippen LogP contribution in [0.15, 0.2) is 12.1 Å². The molecule has 0 saturated carbocycles. The zero-order valence-electron chi connectivity index (χ0n) is 17.2. The predicted molar refractivity (Wildman–Crippen MR) is 117 cm³/mol. The van der Waals surface area contributed by atoms with E-state index in [9.17, 15) is 0 Å². The summed E-state index contributed by atoms with van der Waals surface area (Å²) >= 11 is -0.826. The van der Waals surface area contributed by atoms with E-state index in [0.29, 0.717) is 0 Å². The van der Waals surface area contributed by atoms with Crippen LogP contribution in [0.2, 0.25) is 12.1 Å². The monoisotopic (exact) mass is 484 g/mol. The quantitative estimate of drug-likeness (QED) is 0.356. The summed E-state index contributed by atoms with van der Waals surface area (Å²) in [7, 11) is 8.25. The summed E-state index contributed by atoms with van der Waals surface area (Å²) in [6, 6.07) is 7.67. The van der Waals surface area contributed by atoms with Crippen molar-refractivity contribution >= 4 is 35.5 Å². The summed E-state index contributed by atoms with van der Waals surface area (Å²) in [6.07, 6.45) is 5.41. The molecule has 1 aliphatic rings. The normalized spacial score (nSPS) is 13.7. The van der Waals surface area contributed by atoms with Crippen molar-refractivity contribution in [1.82, 2.24) is 0 Å². The molecule has 0 spiro atoms. The van der Waals surface area contributed by atoms with Gasteiger partial charge in [0.2, 0.25) is 0 Å². The van der Waals surface area contributed by atoms with Gasteiger partial charge in [0.05, 0.1) is 0 Å². The molecule has 0 bridgehead atoms. The van der Waals surface area contributed by atoms with Gasteiger partial charge in [-0.1, -0.05) is 79.3 Å². The van der Waals surface area contributed by atoms with Gasteiger partial charge in [0.25, 0.3) is 0 Å². The Labute approximate surface area is 180 Å². The van der Waals surface area contributed by atoms with E-state index in [1.54, 1.807) is 32.6 Å². The molecule has 1 aliphatic carbocycles. The van der Waals surface area contributed by atoms with E-state index >= 15 is 0 Å². The average molecular weight is 487 g/mol. The van der Waals surface area contributed by atoms with Gasteiger partial charge >= 0.3 is 37.9 Å². The van der Waals surface area contributed by atoms with Crippen molar-refractivity contribution in [2.75, 3.05) is 0 Å². The van der Waals surface area contributed by atoms with E-state index in [1.807, 2.05) is 0 Å². The number of halogens is 2. The molecule has 0 aliphatic heterocycles. The second kappa shape index (κ2) is 9.73. The molecule has 3 rings (SSSR count). The van der Waals surface area contributed by atoms with E-state index in [4.69, 9.17) is 17.0 Å². The Morgan fingerprint density at radius 2 is 1.46 bits per heavy atom. The number of fused-ring (bicyclic) bond motifs is 1. The number of rotatable bonds is 4. The third-order valence-corrected chi connectivity index (χ3v) is 12.5. The van der Waals surface area contributed by atoms with Gasteiger partial charge < -0.3 is 0 Å². The van der Waals surface area contributed by atoms with Crippen LogP contribution in [0.25, 0.3) is 0 Å². The molecular weight excluding hydrogens is 454 g/mol. The van der Waals surface area contributed by atoms with E-state index in [-0.39, 0.29) is 0 Å². The summed E-state index contributed by atoms with van der Waals surface area (Å²) in [5, 5.41) is 3.56. The molecule has 4 heteroatoms. The zero-order chi connectivity index (χ0) is 19.5. The fourth-order valence-corrected chi connectivity index (χ4v) is 10.5. The maximum atomic E-state index is 4.93. The molecule has 26 heavy (non-hydrogen) atoms.